The van der Waals surface area contributed by atoms with Gasteiger partial charge in [0, 0.05) is 5.02 Å². The molecule has 3 aromatic rings. The number of rotatable bonds is 2. The number of para-hydroxylation sites is 1. The van der Waals surface area contributed by atoms with E-state index in [1.54, 1.807) is 12.1 Å². The monoisotopic (exact) mass is 291 g/mol. The van der Waals surface area contributed by atoms with Crippen LogP contribution in [0.15, 0.2) is 36.4 Å². The molecule has 0 fully saturated rings. The molecule has 0 saturated carbocycles. The van der Waals surface area contributed by atoms with Crippen molar-refractivity contribution in [3.8, 4) is 22.1 Å². The highest BCUT2D eigenvalue weighted by Gasteiger charge is 2.13. The van der Waals surface area contributed by atoms with Crippen LogP contribution in [0.3, 0.4) is 0 Å². The summed E-state index contributed by atoms with van der Waals surface area (Å²) < 4.78 is 6.10. The van der Waals surface area contributed by atoms with Crippen LogP contribution in [0.4, 0.5) is 0 Å². The largest absolute Gasteiger partial charge is 0.504 e. The number of aromatic hydroxyl groups is 1. The van der Waals surface area contributed by atoms with Crippen LogP contribution in [0.5, 0.6) is 11.5 Å². The van der Waals surface area contributed by atoms with Gasteiger partial charge in [-0.25, -0.2) is 4.98 Å². The maximum atomic E-state index is 10.1. The highest BCUT2D eigenvalue weighted by atomic mass is 35.5. The van der Waals surface area contributed by atoms with Gasteiger partial charge in [0.25, 0.3) is 0 Å². The van der Waals surface area contributed by atoms with Crippen LogP contribution in [0.2, 0.25) is 5.02 Å². The zero-order valence-corrected chi connectivity index (χ0v) is 11.6. The Morgan fingerprint density at radius 2 is 2.11 bits per heavy atom. The van der Waals surface area contributed by atoms with Gasteiger partial charge in [0.15, 0.2) is 11.5 Å². The van der Waals surface area contributed by atoms with Gasteiger partial charge in [-0.2, -0.15) is 0 Å². The van der Waals surface area contributed by atoms with Crippen molar-refractivity contribution >= 4 is 33.2 Å². The minimum absolute atomic E-state index is 0.107. The predicted octanol–water partition coefficient (Wildman–Crippen LogP) is 4.33. The summed E-state index contributed by atoms with van der Waals surface area (Å²) in [5.41, 5.74) is 1.53. The lowest BCUT2D eigenvalue weighted by Crippen LogP contribution is -1.85. The molecule has 19 heavy (non-hydrogen) atoms. The first-order valence-corrected chi connectivity index (χ1v) is 6.81. The van der Waals surface area contributed by atoms with Gasteiger partial charge in [-0.3, -0.25) is 0 Å². The average molecular weight is 292 g/mol. The Labute approximate surface area is 119 Å². The molecular weight excluding hydrogens is 282 g/mol. The number of ether oxygens (including phenoxy) is 1. The third-order valence-corrected chi connectivity index (χ3v) is 4.09. The summed E-state index contributed by atoms with van der Waals surface area (Å²) in [6.45, 7) is 0. The molecule has 1 N–H and O–H groups in total. The maximum Gasteiger partial charge on any atom is 0.168 e. The van der Waals surface area contributed by atoms with Gasteiger partial charge in [0.05, 0.1) is 22.9 Å². The van der Waals surface area contributed by atoms with E-state index < -0.39 is 0 Å². The van der Waals surface area contributed by atoms with E-state index in [0.29, 0.717) is 16.3 Å². The predicted molar refractivity (Wildman–Crippen MR) is 78.3 cm³/mol. The van der Waals surface area contributed by atoms with Gasteiger partial charge in [-0.1, -0.05) is 17.7 Å². The molecule has 0 radical (unpaired) electrons. The molecule has 0 amide bonds. The topological polar surface area (TPSA) is 42.4 Å². The number of thiazole rings is 1. The number of phenolic OH excluding ortho intramolecular Hbond substituents is 1. The Hall–Kier alpha value is -1.78. The molecule has 0 spiro atoms. The number of hydrogen-bond acceptors (Lipinski definition) is 4. The minimum atomic E-state index is 0.107. The average Bonchev–Trinajstić information content (AvgIpc) is 2.81. The molecule has 2 aromatic carbocycles. The van der Waals surface area contributed by atoms with E-state index in [1.807, 2.05) is 24.3 Å². The summed E-state index contributed by atoms with van der Waals surface area (Å²) in [6.07, 6.45) is 0. The summed E-state index contributed by atoms with van der Waals surface area (Å²) in [6, 6.07) is 10.9. The Kier molecular flexibility index (Phi) is 3.05. The second-order valence-corrected chi connectivity index (χ2v) is 5.45. The molecule has 0 aliphatic heterocycles. The van der Waals surface area contributed by atoms with Crippen LogP contribution in [0, 0.1) is 0 Å². The van der Waals surface area contributed by atoms with Crippen molar-refractivity contribution in [1.82, 2.24) is 4.98 Å². The summed E-state index contributed by atoms with van der Waals surface area (Å²) in [4.78, 5) is 4.50. The number of fused-ring (bicyclic) bond motifs is 1. The van der Waals surface area contributed by atoms with Gasteiger partial charge in [0.2, 0.25) is 0 Å². The number of benzene rings is 2. The van der Waals surface area contributed by atoms with Crippen molar-refractivity contribution in [2.75, 3.05) is 7.11 Å². The van der Waals surface area contributed by atoms with Gasteiger partial charge in [-0.05, 0) is 30.3 Å². The van der Waals surface area contributed by atoms with Crippen LogP contribution in [0.1, 0.15) is 0 Å². The SMILES string of the molecule is COc1cccc(-c2nc3ccc(Cl)cc3s2)c1O. The van der Waals surface area contributed by atoms with Crippen LogP contribution >= 0.6 is 22.9 Å². The third-order valence-electron chi connectivity index (χ3n) is 2.80. The van der Waals surface area contributed by atoms with Crippen molar-refractivity contribution in [2.24, 2.45) is 0 Å². The standard InChI is InChI=1S/C14H10ClNO2S/c1-18-11-4-2-3-9(13(11)17)14-16-10-6-5-8(15)7-12(10)19-14/h2-7,17H,1H3. The van der Waals surface area contributed by atoms with Gasteiger partial charge >= 0.3 is 0 Å². The fourth-order valence-electron chi connectivity index (χ4n) is 1.87. The van der Waals surface area contributed by atoms with Crippen LogP contribution < -0.4 is 4.74 Å². The van der Waals surface area contributed by atoms with E-state index in [9.17, 15) is 5.11 Å². The van der Waals surface area contributed by atoms with Crippen molar-refractivity contribution in [1.29, 1.82) is 0 Å². The van der Waals surface area contributed by atoms with E-state index in [4.69, 9.17) is 16.3 Å². The molecule has 1 heterocycles. The van der Waals surface area contributed by atoms with E-state index in [0.717, 1.165) is 15.2 Å². The van der Waals surface area contributed by atoms with E-state index >= 15 is 0 Å². The molecule has 1 aromatic heterocycles. The van der Waals surface area contributed by atoms with Gasteiger partial charge in [-0.15, -0.1) is 11.3 Å². The van der Waals surface area contributed by atoms with Gasteiger partial charge in [0.1, 0.15) is 5.01 Å². The number of methoxy groups -OCH3 is 1. The highest BCUT2D eigenvalue weighted by Crippen LogP contribution is 2.40. The number of hydrogen-bond donors (Lipinski definition) is 1. The first-order chi connectivity index (χ1) is 9.19. The van der Waals surface area contributed by atoms with Crippen molar-refractivity contribution in [3.05, 3.63) is 41.4 Å². The number of aromatic nitrogens is 1. The molecule has 5 heteroatoms. The van der Waals surface area contributed by atoms with E-state index in [2.05, 4.69) is 4.98 Å². The lowest BCUT2D eigenvalue weighted by Gasteiger charge is -2.05. The van der Waals surface area contributed by atoms with Crippen LogP contribution in [0.25, 0.3) is 20.8 Å². The molecule has 0 saturated heterocycles. The quantitative estimate of drug-likeness (QED) is 0.764. The molecule has 96 valence electrons. The van der Waals surface area contributed by atoms with Crippen molar-refractivity contribution < 1.29 is 9.84 Å². The Morgan fingerprint density at radius 1 is 1.26 bits per heavy atom. The Balaban J connectivity index is 2.19. The molecule has 3 rings (SSSR count). The summed E-state index contributed by atoms with van der Waals surface area (Å²) in [7, 11) is 1.52. The summed E-state index contributed by atoms with van der Waals surface area (Å²) in [5.74, 6) is 0.546. The Bertz CT molecular complexity index is 754. The van der Waals surface area contributed by atoms with E-state index in [1.165, 1.54) is 18.4 Å². The van der Waals surface area contributed by atoms with E-state index in [-0.39, 0.29) is 5.75 Å². The minimum Gasteiger partial charge on any atom is -0.504 e. The first-order valence-electron chi connectivity index (χ1n) is 5.61. The Morgan fingerprint density at radius 3 is 2.89 bits per heavy atom. The zero-order chi connectivity index (χ0) is 13.4. The molecule has 0 bridgehead atoms. The lowest BCUT2D eigenvalue weighted by molar-refractivity contribution is 0.374. The van der Waals surface area contributed by atoms with Crippen LogP contribution in [-0.2, 0) is 0 Å². The smallest absolute Gasteiger partial charge is 0.168 e. The van der Waals surface area contributed by atoms with Crippen molar-refractivity contribution in [3.63, 3.8) is 0 Å². The molecule has 0 aliphatic carbocycles. The molecule has 0 aliphatic rings. The second-order valence-electron chi connectivity index (χ2n) is 3.99. The summed E-state index contributed by atoms with van der Waals surface area (Å²) in [5, 5.41) is 11.6. The third kappa shape index (κ3) is 2.13. The number of nitrogens with zero attached hydrogens (tertiary/aromatic N) is 1. The fraction of sp³-hybridized carbons (Fsp3) is 0.0714. The molecular formula is C14H10ClNO2S. The van der Waals surface area contributed by atoms with Gasteiger partial charge < -0.3 is 9.84 Å². The highest BCUT2D eigenvalue weighted by molar-refractivity contribution is 7.21. The zero-order valence-electron chi connectivity index (χ0n) is 10.1. The normalized spacial score (nSPS) is 10.8. The molecule has 0 atom stereocenters. The maximum absolute atomic E-state index is 10.1. The fourth-order valence-corrected chi connectivity index (χ4v) is 3.14. The van der Waals surface area contributed by atoms with Crippen LogP contribution in [-0.4, -0.2) is 17.2 Å². The summed E-state index contributed by atoms with van der Waals surface area (Å²) >= 11 is 7.45. The van der Waals surface area contributed by atoms with Crippen molar-refractivity contribution in [2.45, 2.75) is 0 Å². The lowest BCUT2D eigenvalue weighted by atomic mass is 10.2. The number of phenols is 1. The molecule has 0 unspecified atom stereocenters. The first kappa shape index (κ1) is 12.3. The second kappa shape index (κ2) is 4.72. The molecule has 3 nitrogen and oxygen atoms in total. The number of halogens is 1.